The smallest absolute Gasteiger partial charge is 0.323 e. The standard InChI is InChI=1S/C28H20ClN3O4S2/c29-23-12-5-4-7-19(23)17-36-22-11-6-8-18(13-22)26-20(15-32(30-26)21-9-2-1-3-10-21)14-24-27(35)31(16-25(33)34)28(37)38-24/h1-15H,16-17H2,(H,33,34)/b24-14-. The fourth-order valence-electron chi connectivity index (χ4n) is 3.85. The van der Waals surface area contributed by atoms with E-state index in [1.165, 1.54) is 0 Å². The first-order valence-corrected chi connectivity index (χ1v) is 13.1. The van der Waals surface area contributed by atoms with Crippen LogP contribution in [0.2, 0.25) is 5.02 Å². The molecule has 0 bridgehead atoms. The number of carbonyl (C=O) groups excluding carboxylic acids is 1. The summed E-state index contributed by atoms with van der Waals surface area (Å²) in [6, 6.07) is 24.6. The van der Waals surface area contributed by atoms with Crippen molar-refractivity contribution in [3.63, 3.8) is 0 Å². The second kappa shape index (κ2) is 11.2. The summed E-state index contributed by atoms with van der Waals surface area (Å²) in [5, 5.41) is 14.6. The summed E-state index contributed by atoms with van der Waals surface area (Å²) in [6.07, 6.45) is 3.52. The lowest BCUT2D eigenvalue weighted by Gasteiger charge is -2.10. The highest BCUT2D eigenvalue weighted by Gasteiger charge is 2.33. The zero-order chi connectivity index (χ0) is 26.6. The number of aliphatic carboxylic acids is 1. The van der Waals surface area contributed by atoms with Gasteiger partial charge in [0.05, 0.1) is 10.6 Å². The van der Waals surface area contributed by atoms with Crippen LogP contribution in [-0.2, 0) is 16.2 Å². The fraction of sp³-hybridized carbons (Fsp3) is 0.0714. The molecule has 1 aliphatic rings. The van der Waals surface area contributed by atoms with E-state index >= 15 is 0 Å². The zero-order valence-electron chi connectivity index (χ0n) is 19.8. The van der Waals surface area contributed by atoms with Crippen molar-refractivity contribution in [1.29, 1.82) is 0 Å². The van der Waals surface area contributed by atoms with E-state index in [1.807, 2.05) is 85.1 Å². The number of hydrogen-bond acceptors (Lipinski definition) is 6. The van der Waals surface area contributed by atoms with Gasteiger partial charge in [0, 0.05) is 27.9 Å². The fourth-order valence-corrected chi connectivity index (χ4v) is 5.29. The predicted molar refractivity (Wildman–Crippen MR) is 152 cm³/mol. The first-order valence-electron chi connectivity index (χ1n) is 11.5. The molecule has 1 fully saturated rings. The van der Waals surface area contributed by atoms with E-state index in [2.05, 4.69) is 0 Å². The lowest BCUT2D eigenvalue weighted by atomic mass is 10.1. The van der Waals surface area contributed by atoms with Crippen molar-refractivity contribution in [2.45, 2.75) is 6.61 Å². The van der Waals surface area contributed by atoms with Gasteiger partial charge in [-0.15, -0.1) is 0 Å². The molecule has 0 saturated carbocycles. The van der Waals surface area contributed by atoms with E-state index in [0.29, 0.717) is 33.5 Å². The molecule has 1 saturated heterocycles. The topological polar surface area (TPSA) is 84.7 Å². The monoisotopic (exact) mass is 561 g/mol. The Labute approximate surface area is 233 Å². The molecule has 1 amide bonds. The third-order valence-corrected chi connectivity index (χ3v) is 7.42. The van der Waals surface area contributed by atoms with Crippen LogP contribution < -0.4 is 4.74 Å². The molecule has 2 heterocycles. The molecule has 0 atom stereocenters. The Morgan fingerprint density at radius 2 is 1.84 bits per heavy atom. The quantitative estimate of drug-likeness (QED) is 0.207. The van der Waals surface area contributed by atoms with Crippen molar-refractivity contribution in [2.75, 3.05) is 6.54 Å². The summed E-state index contributed by atoms with van der Waals surface area (Å²) < 4.78 is 7.95. The molecule has 38 heavy (non-hydrogen) atoms. The van der Waals surface area contributed by atoms with E-state index < -0.39 is 18.4 Å². The SMILES string of the molecule is O=C(O)CN1C(=O)/C(=C/c2cn(-c3ccccc3)nc2-c2cccc(OCc3ccccc3Cl)c2)SC1=S. The number of halogens is 1. The van der Waals surface area contributed by atoms with E-state index in [0.717, 1.165) is 33.5 Å². The molecular weight excluding hydrogens is 542 g/mol. The largest absolute Gasteiger partial charge is 0.489 e. The maximum Gasteiger partial charge on any atom is 0.323 e. The number of rotatable bonds is 8. The molecule has 0 aliphatic carbocycles. The first-order chi connectivity index (χ1) is 18.4. The molecule has 7 nitrogen and oxygen atoms in total. The highest BCUT2D eigenvalue weighted by atomic mass is 35.5. The van der Waals surface area contributed by atoms with Gasteiger partial charge in [-0.1, -0.05) is 84.1 Å². The molecule has 4 aromatic rings. The summed E-state index contributed by atoms with van der Waals surface area (Å²) in [7, 11) is 0. The van der Waals surface area contributed by atoms with Gasteiger partial charge in [0.1, 0.15) is 28.9 Å². The number of carboxylic acid groups (broad SMARTS) is 1. The van der Waals surface area contributed by atoms with Crippen molar-refractivity contribution in [1.82, 2.24) is 14.7 Å². The maximum absolute atomic E-state index is 12.9. The first kappa shape index (κ1) is 25.7. The maximum atomic E-state index is 12.9. The average Bonchev–Trinajstić information content (AvgIpc) is 3.45. The number of carboxylic acids is 1. The molecule has 190 valence electrons. The van der Waals surface area contributed by atoms with Crippen LogP contribution in [0.1, 0.15) is 11.1 Å². The third-order valence-electron chi connectivity index (χ3n) is 5.68. The number of nitrogens with zero attached hydrogens (tertiary/aromatic N) is 3. The number of hydrogen-bond donors (Lipinski definition) is 1. The van der Waals surface area contributed by atoms with E-state index in [9.17, 15) is 9.59 Å². The van der Waals surface area contributed by atoms with E-state index in [4.69, 9.17) is 38.8 Å². The van der Waals surface area contributed by atoms with E-state index in [1.54, 1.807) is 10.8 Å². The summed E-state index contributed by atoms with van der Waals surface area (Å²) in [4.78, 5) is 25.5. The number of thioether (sulfide) groups is 1. The molecule has 1 aromatic heterocycles. The minimum absolute atomic E-state index is 0.204. The molecular formula is C28H20ClN3O4S2. The predicted octanol–water partition coefficient (Wildman–Crippen LogP) is 6.06. The number of aromatic nitrogens is 2. The summed E-state index contributed by atoms with van der Waals surface area (Å²) in [5.41, 5.74) is 3.80. The highest BCUT2D eigenvalue weighted by molar-refractivity contribution is 8.26. The van der Waals surface area contributed by atoms with Crippen LogP contribution in [0.4, 0.5) is 0 Å². The number of amides is 1. The van der Waals surface area contributed by atoms with Crippen molar-refractivity contribution in [3.8, 4) is 22.7 Å². The molecule has 0 unspecified atom stereocenters. The highest BCUT2D eigenvalue weighted by Crippen LogP contribution is 2.35. The van der Waals surface area contributed by atoms with Gasteiger partial charge in [-0.2, -0.15) is 5.10 Å². The van der Waals surface area contributed by atoms with Gasteiger partial charge in [0.2, 0.25) is 0 Å². The van der Waals surface area contributed by atoms with Gasteiger partial charge in [0.15, 0.2) is 0 Å². The number of carbonyl (C=O) groups is 2. The molecule has 1 N–H and O–H groups in total. The third kappa shape index (κ3) is 5.65. The Morgan fingerprint density at radius 3 is 2.61 bits per heavy atom. The van der Waals surface area contributed by atoms with Gasteiger partial charge in [-0.3, -0.25) is 14.5 Å². The van der Waals surface area contributed by atoms with Crippen LogP contribution in [0.15, 0.2) is 90.0 Å². The molecule has 5 rings (SSSR count). The Kier molecular flexibility index (Phi) is 7.59. The summed E-state index contributed by atoms with van der Waals surface area (Å²) in [6.45, 7) is -0.177. The number of benzene rings is 3. The van der Waals surface area contributed by atoms with Crippen LogP contribution in [0.5, 0.6) is 5.75 Å². The van der Waals surface area contributed by atoms with Gasteiger partial charge >= 0.3 is 5.97 Å². The van der Waals surface area contributed by atoms with Crippen molar-refractivity contribution >= 4 is 57.9 Å². The molecule has 3 aromatic carbocycles. The van der Waals surface area contributed by atoms with Gasteiger partial charge < -0.3 is 9.84 Å². The number of thiocarbonyl (C=S) groups is 1. The van der Waals surface area contributed by atoms with Gasteiger partial charge in [-0.25, -0.2) is 4.68 Å². The van der Waals surface area contributed by atoms with Crippen molar-refractivity contribution in [2.24, 2.45) is 0 Å². The Balaban J connectivity index is 1.50. The Morgan fingerprint density at radius 1 is 1.08 bits per heavy atom. The lowest BCUT2D eigenvalue weighted by molar-refractivity contribution is -0.140. The summed E-state index contributed by atoms with van der Waals surface area (Å²) >= 11 is 12.6. The van der Waals surface area contributed by atoms with Crippen LogP contribution in [-0.4, -0.2) is 42.5 Å². The minimum atomic E-state index is -1.13. The van der Waals surface area contributed by atoms with Gasteiger partial charge in [-0.05, 0) is 36.4 Å². The Hall–Kier alpha value is -3.92. The van der Waals surface area contributed by atoms with Crippen LogP contribution in [0.3, 0.4) is 0 Å². The number of ether oxygens (including phenoxy) is 1. The average molecular weight is 562 g/mol. The van der Waals surface area contributed by atoms with Crippen molar-refractivity contribution < 1.29 is 19.4 Å². The molecule has 0 radical (unpaired) electrons. The lowest BCUT2D eigenvalue weighted by Crippen LogP contribution is -2.33. The van der Waals surface area contributed by atoms with Crippen LogP contribution in [0, 0.1) is 0 Å². The zero-order valence-corrected chi connectivity index (χ0v) is 22.2. The van der Waals surface area contributed by atoms with E-state index in [-0.39, 0.29) is 4.32 Å². The molecule has 10 heteroatoms. The molecule has 0 spiro atoms. The second-order valence-corrected chi connectivity index (χ2v) is 10.4. The minimum Gasteiger partial charge on any atom is -0.489 e. The second-order valence-electron chi connectivity index (χ2n) is 8.28. The normalized spacial score (nSPS) is 14.3. The Bertz CT molecular complexity index is 1570. The van der Waals surface area contributed by atoms with Gasteiger partial charge in [0.25, 0.3) is 5.91 Å². The number of para-hydroxylation sites is 1. The van der Waals surface area contributed by atoms with Crippen molar-refractivity contribution in [3.05, 3.63) is 106 Å². The van der Waals surface area contributed by atoms with Crippen LogP contribution >= 0.6 is 35.6 Å². The summed E-state index contributed by atoms with van der Waals surface area (Å²) in [5.74, 6) is -0.943. The van der Waals surface area contributed by atoms with Crippen LogP contribution in [0.25, 0.3) is 23.0 Å². The molecule has 1 aliphatic heterocycles.